The summed E-state index contributed by atoms with van der Waals surface area (Å²) < 4.78 is 0.875. The van der Waals surface area contributed by atoms with Crippen molar-refractivity contribution < 1.29 is 0 Å². The van der Waals surface area contributed by atoms with Gasteiger partial charge in [-0.1, -0.05) is 24.3 Å². The van der Waals surface area contributed by atoms with E-state index in [4.69, 9.17) is 0 Å². The van der Waals surface area contributed by atoms with Gasteiger partial charge in [-0.05, 0) is 35.5 Å². The third-order valence-electron chi connectivity index (χ3n) is 2.48. The van der Waals surface area contributed by atoms with Gasteiger partial charge in [-0.2, -0.15) is 0 Å². The maximum atomic E-state index is 4.48. The summed E-state index contributed by atoms with van der Waals surface area (Å²) in [5, 5.41) is 3.10. The van der Waals surface area contributed by atoms with Crippen LogP contribution in [0.3, 0.4) is 0 Å². The van der Waals surface area contributed by atoms with Crippen molar-refractivity contribution in [1.29, 1.82) is 0 Å². The first kappa shape index (κ1) is 11.4. The van der Waals surface area contributed by atoms with E-state index in [9.17, 15) is 0 Å². The number of nitrogens with zero attached hydrogens (tertiary/aromatic N) is 1. The molecular weight excluding hydrogens is 266 g/mol. The van der Waals surface area contributed by atoms with E-state index in [2.05, 4.69) is 50.3 Å². The Labute approximate surface area is 103 Å². The van der Waals surface area contributed by atoms with E-state index in [1.807, 2.05) is 19.2 Å². The molecule has 0 aliphatic heterocycles. The fourth-order valence-electron chi connectivity index (χ4n) is 1.65. The molecule has 0 spiro atoms. The maximum Gasteiger partial charge on any atom is 0.139 e. The first-order valence-corrected chi connectivity index (χ1v) is 5.96. The molecule has 3 nitrogen and oxygen atoms in total. The molecule has 1 aromatic heterocycles. The van der Waals surface area contributed by atoms with Crippen LogP contribution in [0.5, 0.6) is 0 Å². The monoisotopic (exact) mass is 279 g/mol. The van der Waals surface area contributed by atoms with E-state index in [-0.39, 0.29) is 0 Å². The van der Waals surface area contributed by atoms with Crippen molar-refractivity contribution in [2.45, 2.75) is 13.5 Å². The zero-order valence-electron chi connectivity index (χ0n) is 9.34. The molecular formula is C12H14BrN3. The number of halogens is 1. The summed E-state index contributed by atoms with van der Waals surface area (Å²) in [4.78, 5) is 7.80. The van der Waals surface area contributed by atoms with Crippen LogP contribution in [0, 0.1) is 6.92 Å². The number of rotatable bonds is 3. The Morgan fingerprint density at radius 1 is 1.38 bits per heavy atom. The average molecular weight is 280 g/mol. The summed E-state index contributed by atoms with van der Waals surface area (Å²) in [7, 11) is 1.92. The summed E-state index contributed by atoms with van der Waals surface area (Å²) in [6.07, 6.45) is 0. The molecule has 2 aromatic rings. The average Bonchev–Trinajstić information content (AvgIpc) is 2.61. The van der Waals surface area contributed by atoms with E-state index in [0.29, 0.717) is 0 Å². The normalized spacial score (nSPS) is 10.7. The number of hydrogen-bond acceptors (Lipinski definition) is 2. The zero-order chi connectivity index (χ0) is 11.5. The Morgan fingerprint density at radius 3 is 2.81 bits per heavy atom. The highest BCUT2D eigenvalue weighted by Crippen LogP contribution is 2.24. The molecule has 4 heteroatoms. The van der Waals surface area contributed by atoms with E-state index in [1.54, 1.807) is 0 Å². The molecule has 1 heterocycles. The van der Waals surface area contributed by atoms with Gasteiger partial charge in [-0.15, -0.1) is 0 Å². The zero-order valence-corrected chi connectivity index (χ0v) is 10.9. The highest BCUT2D eigenvalue weighted by atomic mass is 79.9. The van der Waals surface area contributed by atoms with Gasteiger partial charge in [-0.3, -0.25) is 0 Å². The topological polar surface area (TPSA) is 40.7 Å². The third kappa shape index (κ3) is 2.18. The van der Waals surface area contributed by atoms with Gasteiger partial charge in [0.25, 0.3) is 0 Å². The van der Waals surface area contributed by atoms with Gasteiger partial charge in [0, 0.05) is 12.1 Å². The van der Waals surface area contributed by atoms with Crippen molar-refractivity contribution in [3.8, 4) is 11.4 Å². The Bertz CT molecular complexity index is 491. The number of aromatic nitrogens is 2. The quantitative estimate of drug-likeness (QED) is 0.907. The molecule has 0 amide bonds. The van der Waals surface area contributed by atoms with Gasteiger partial charge in [-0.25, -0.2) is 4.98 Å². The van der Waals surface area contributed by atoms with Crippen LogP contribution in [0.1, 0.15) is 11.3 Å². The molecule has 1 aromatic carbocycles. The molecule has 2 N–H and O–H groups in total. The second kappa shape index (κ2) is 4.80. The van der Waals surface area contributed by atoms with Gasteiger partial charge in [0.15, 0.2) is 0 Å². The molecule has 16 heavy (non-hydrogen) atoms. The summed E-state index contributed by atoms with van der Waals surface area (Å²) in [6, 6.07) is 8.22. The SMILES string of the molecule is CNCc1[nH]c(-c2ccccc2C)nc1Br. The van der Waals surface area contributed by atoms with Crippen molar-refractivity contribution in [2.75, 3.05) is 7.05 Å². The molecule has 0 atom stereocenters. The second-order valence-corrected chi connectivity index (χ2v) is 4.45. The van der Waals surface area contributed by atoms with Crippen molar-refractivity contribution in [3.63, 3.8) is 0 Å². The molecule has 0 aliphatic carbocycles. The molecule has 0 saturated carbocycles. The molecule has 0 fully saturated rings. The Morgan fingerprint density at radius 2 is 2.12 bits per heavy atom. The van der Waals surface area contributed by atoms with Gasteiger partial charge in [0.05, 0.1) is 5.69 Å². The fourth-order valence-corrected chi connectivity index (χ4v) is 2.06. The first-order valence-electron chi connectivity index (χ1n) is 5.17. The second-order valence-electron chi connectivity index (χ2n) is 3.70. The number of benzene rings is 1. The molecule has 0 radical (unpaired) electrons. The summed E-state index contributed by atoms with van der Waals surface area (Å²) in [6.45, 7) is 2.86. The van der Waals surface area contributed by atoms with Gasteiger partial charge < -0.3 is 10.3 Å². The summed E-state index contributed by atoms with van der Waals surface area (Å²) >= 11 is 3.46. The molecule has 0 aliphatic rings. The van der Waals surface area contributed by atoms with Crippen molar-refractivity contribution in [1.82, 2.24) is 15.3 Å². The van der Waals surface area contributed by atoms with Gasteiger partial charge >= 0.3 is 0 Å². The van der Waals surface area contributed by atoms with Crippen molar-refractivity contribution >= 4 is 15.9 Å². The predicted octanol–water partition coefficient (Wildman–Crippen LogP) is 2.87. The van der Waals surface area contributed by atoms with Crippen LogP contribution < -0.4 is 5.32 Å². The number of H-pyrrole nitrogens is 1. The van der Waals surface area contributed by atoms with Crippen LogP contribution in [0.4, 0.5) is 0 Å². The summed E-state index contributed by atoms with van der Waals surface area (Å²) in [5.41, 5.74) is 3.44. The van der Waals surface area contributed by atoms with E-state index < -0.39 is 0 Å². The molecule has 2 rings (SSSR count). The molecule has 0 saturated heterocycles. The lowest BCUT2D eigenvalue weighted by Crippen LogP contribution is -2.05. The maximum absolute atomic E-state index is 4.48. The predicted molar refractivity (Wildman–Crippen MR) is 69.2 cm³/mol. The van der Waals surface area contributed by atoms with Crippen LogP contribution in [0.15, 0.2) is 28.9 Å². The fraction of sp³-hybridized carbons (Fsp3) is 0.250. The lowest BCUT2D eigenvalue weighted by atomic mass is 10.1. The van der Waals surface area contributed by atoms with E-state index in [0.717, 1.165) is 28.2 Å². The lowest BCUT2D eigenvalue weighted by molar-refractivity contribution is 0.793. The van der Waals surface area contributed by atoms with Crippen molar-refractivity contribution in [3.05, 3.63) is 40.1 Å². The lowest BCUT2D eigenvalue weighted by Gasteiger charge is -2.00. The Kier molecular flexibility index (Phi) is 3.41. The molecule has 0 unspecified atom stereocenters. The van der Waals surface area contributed by atoms with E-state index >= 15 is 0 Å². The Hall–Kier alpha value is -1.13. The first-order chi connectivity index (χ1) is 7.72. The number of aromatic amines is 1. The molecule has 84 valence electrons. The van der Waals surface area contributed by atoms with Crippen LogP contribution in [0.2, 0.25) is 0 Å². The van der Waals surface area contributed by atoms with Crippen LogP contribution in [-0.4, -0.2) is 17.0 Å². The minimum atomic E-state index is 0.777. The highest BCUT2D eigenvalue weighted by Gasteiger charge is 2.09. The number of imidazole rings is 1. The largest absolute Gasteiger partial charge is 0.340 e. The molecule has 0 bridgehead atoms. The number of hydrogen-bond donors (Lipinski definition) is 2. The smallest absolute Gasteiger partial charge is 0.139 e. The van der Waals surface area contributed by atoms with Crippen LogP contribution in [-0.2, 0) is 6.54 Å². The number of aryl methyl sites for hydroxylation is 1. The van der Waals surface area contributed by atoms with Gasteiger partial charge in [0.2, 0.25) is 0 Å². The minimum Gasteiger partial charge on any atom is -0.340 e. The minimum absolute atomic E-state index is 0.777. The van der Waals surface area contributed by atoms with E-state index in [1.165, 1.54) is 5.56 Å². The Balaban J connectivity index is 2.42. The summed E-state index contributed by atoms with van der Waals surface area (Å²) in [5.74, 6) is 0.912. The number of nitrogens with one attached hydrogen (secondary N) is 2. The van der Waals surface area contributed by atoms with Crippen molar-refractivity contribution in [2.24, 2.45) is 0 Å². The van der Waals surface area contributed by atoms with Crippen LogP contribution in [0.25, 0.3) is 11.4 Å². The highest BCUT2D eigenvalue weighted by molar-refractivity contribution is 9.10. The third-order valence-corrected chi connectivity index (χ3v) is 3.14. The van der Waals surface area contributed by atoms with Crippen LogP contribution >= 0.6 is 15.9 Å². The van der Waals surface area contributed by atoms with Gasteiger partial charge in [0.1, 0.15) is 10.4 Å². The standard InChI is InChI=1S/C12H14BrN3/c1-8-5-3-4-6-9(8)12-15-10(7-14-2)11(13)16-12/h3-6,14H,7H2,1-2H3,(H,15,16).